The molecule has 0 N–H and O–H groups in total. The van der Waals surface area contributed by atoms with Crippen LogP contribution >= 0.6 is 0 Å². The van der Waals surface area contributed by atoms with E-state index in [1.165, 1.54) is 23.8 Å². The molecule has 6 heteroatoms. The molecule has 0 fully saturated rings. The molecule has 0 spiro atoms. The van der Waals surface area contributed by atoms with Crippen LogP contribution in [-0.4, -0.2) is 15.3 Å². The molecular weight excluding hydrogens is 200 g/mol. The molecule has 0 aromatic carbocycles. The summed E-state index contributed by atoms with van der Waals surface area (Å²) in [6, 6.07) is 2.56. The molecule has 0 aliphatic rings. The van der Waals surface area contributed by atoms with Crippen molar-refractivity contribution in [2.24, 2.45) is 0 Å². The molecule has 0 aliphatic carbocycles. The maximum absolute atomic E-state index is 11.4. The number of carbonyl (C=O) groups excluding carboxylic acids is 1. The molecule has 1 aromatic heterocycles. The molecule has 0 unspecified atom stereocenters. The van der Waals surface area contributed by atoms with Crippen LogP contribution in [0, 0.1) is 10.1 Å². The molecule has 0 amide bonds. The van der Waals surface area contributed by atoms with Crippen molar-refractivity contribution < 1.29 is 9.72 Å². The van der Waals surface area contributed by atoms with Crippen molar-refractivity contribution in [1.82, 2.24) is 4.57 Å². The SMILES string of the molecule is CC(=O)CCn1cccc([N+](=O)[O-])c1=O. The van der Waals surface area contributed by atoms with E-state index in [2.05, 4.69) is 0 Å². The summed E-state index contributed by atoms with van der Waals surface area (Å²) in [6.07, 6.45) is 1.62. The fourth-order valence-corrected chi connectivity index (χ4v) is 1.12. The van der Waals surface area contributed by atoms with Gasteiger partial charge in [-0.2, -0.15) is 0 Å². The van der Waals surface area contributed by atoms with E-state index in [0.29, 0.717) is 0 Å². The highest BCUT2D eigenvalue weighted by molar-refractivity contribution is 5.75. The zero-order chi connectivity index (χ0) is 11.4. The summed E-state index contributed by atoms with van der Waals surface area (Å²) < 4.78 is 1.17. The average molecular weight is 210 g/mol. The van der Waals surface area contributed by atoms with Crippen LogP contribution in [0.5, 0.6) is 0 Å². The number of carbonyl (C=O) groups is 1. The third-order valence-electron chi connectivity index (χ3n) is 1.90. The second-order valence-electron chi connectivity index (χ2n) is 3.10. The average Bonchev–Trinajstić information content (AvgIpc) is 2.15. The topological polar surface area (TPSA) is 82.2 Å². The number of rotatable bonds is 4. The van der Waals surface area contributed by atoms with Crippen LogP contribution in [0.25, 0.3) is 0 Å². The Bertz CT molecular complexity index is 450. The van der Waals surface area contributed by atoms with Crippen molar-refractivity contribution in [2.75, 3.05) is 0 Å². The Hall–Kier alpha value is -1.98. The van der Waals surface area contributed by atoms with E-state index in [4.69, 9.17) is 0 Å². The monoisotopic (exact) mass is 210 g/mol. The van der Waals surface area contributed by atoms with Gasteiger partial charge in [0.05, 0.1) is 4.92 Å². The van der Waals surface area contributed by atoms with Crippen LogP contribution in [-0.2, 0) is 11.3 Å². The Balaban J connectivity index is 3.00. The first-order valence-corrected chi connectivity index (χ1v) is 4.35. The van der Waals surface area contributed by atoms with Crippen molar-refractivity contribution in [3.63, 3.8) is 0 Å². The lowest BCUT2D eigenvalue weighted by Gasteiger charge is -2.02. The Morgan fingerprint density at radius 1 is 1.60 bits per heavy atom. The van der Waals surface area contributed by atoms with Gasteiger partial charge in [-0.05, 0) is 13.0 Å². The fourth-order valence-electron chi connectivity index (χ4n) is 1.12. The summed E-state index contributed by atoms with van der Waals surface area (Å²) in [4.78, 5) is 31.8. The molecule has 0 atom stereocenters. The highest BCUT2D eigenvalue weighted by Gasteiger charge is 2.13. The van der Waals surface area contributed by atoms with E-state index in [-0.39, 0.29) is 18.7 Å². The van der Waals surface area contributed by atoms with Crippen molar-refractivity contribution in [1.29, 1.82) is 0 Å². The number of ketones is 1. The molecule has 0 radical (unpaired) electrons. The number of hydrogen-bond acceptors (Lipinski definition) is 4. The first-order chi connectivity index (χ1) is 7.02. The summed E-state index contributed by atoms with van der Waals surface area (Å²) in [5.74, 6) is -0.0617. The third kappa shape index (κ3) is 2.73. The summed E-state index contributed by atoms with van der Waals surface area (Å²) in [6.45, 7) is 1.58. The number of nitro groups is 1. The minimum Gasteiger partial charge on any atom is -0.309 e. The molecule has 0 saturated carbocycles. The minimum atomic E-state index is -0.730. The molecule has 15 heavy (non-hydrogen) atoms. The van der Waals surface area contributed by atoms with Gasteiger partial charge in [0.25, 0.3) is 0 Å². The van der Waals surface area contributed by atoms with Crippen molar-refractivity contribution in [2.45, 2.75) is 19.9 Å². The smallest absolute Gasteiger partial charge is 0.309 e. The third-order valence-corrected chi connectivity index (χ3v) is 1.90. The second kappa shape index (κ2) is 4.50. The largest absolute Gasteiger partial charge is 0.334 e. The zero-order valence-electron chi connectivity index (χ0n) is 8.17. The van der Waals surface area contributed by atoms with Gasteiger partial charge in [-0.1, -0.05) is 0 Å². The highest BCUT2D eigenvalue weighted by Crippen LogP contribution is 2.02. The van der Waals surface area contributed by atoms with E-state index >= 15 is 0 Å². The van der Waals surface area contributed by atoms with Gasteiger partial charge >= 0.3 is 11.2 Å². The number of hydrogen-bond donors (Lipinski definition) is 0. The molecule has 0 bridgehead atoms. The van der Waals surface area contributed by atoms with E-state index in [1.54, 1.807) is 0 Å². The lowest BCUT2D eigenvalue weighted by atomic mass is 10.3. The first kappa shape index (κ1) is 11.1. The maximum atomic E-state index is 11.4. The quantitative estimate of drug-likeness (QED) is 0.542. The number of pyridine rings is 1. The van der Waals surface area contributed by atoms with Gasteiger partial charge in [0.15, 0.2) is 0 Å². The summed E-state index contributed by atoms with van der Waals surface area (Å²) >= 11 is 0. The second-order valence-corrected chi connectivity index (χ2v) is 3.10. The lowest BCUT2D eigenvalue weighted by Crippen LogP contribution is -2.22. The molecular formula is C9H10N2O4. The van der Waals surface area contributed by atoms with Crippen molar-refractivity contribution in [3.05, 3.63) is 38.8 Å². The fraction of sp³-hybridized carbons (Fsp3) is 0.333. The van der Waals surface area contributed by atoms with Gasteiger partial charge in [0.1, 0.15) is 5.78 Å². The summed E-state index contributed by atoms with van der Waals surface area (Å²) in [5, 5.41) is 10.4. The lowest BCUT2D eigenvalue weighted by molar-refractivity contribution is -0.386. The van der Waals surface area contributed by atoms with Crippen molar-refractivity contribution in [3.8, 4) is 0 Å². The molecule has 1 rings (SSSR count). The molecule has 80 valence electrons. The zero-order valence-corrected chi connectivity index (χ0v) is 8.17. The van der Waals surface area contributed by atoms with Crippen LogP contribution < -0.4 is 5.56 Å². The molecule has 6 nitrogen and oxygen atoms in total. The van der Waals surface area contributed by atoms with E-state index in [1.807, 2.05) is 0 Å². The van der Waals surface area contributed by atoms with Gasteiger partial charge in [-0.15, -0.1) is 0 Å². The number of nitrogens with zero attached hydrogens (tertiary/aromatic N) is 2. The number of Topliss-reactive ketones (excluding diaryl/α,β-unsaturated/α-hetero) is 1. The minimum absolute atomic E-state index is 0.0617. The molecule has 1 aromatic rings. The van der Waals surface area contributed by atoms with Crippen LogP contribution in [0.1, 0.15) is 13.3 Å². The van der Waals surface area contributed by atoms with Crippen LogP contribution in [0.15, 0.2) is 23.1 Å². The van der Waals surface area contributed by atoms with Crippen LogP contribution in [0.2, 0.25) is 0 Å². The van der Waals surface area contributed by atoms with Crippen LogP contribution in [0.4, 0.5) is 5.69 Å². The van der Waals surface area contributed by atoms with Gasteiger partial charge in [-0.3, -0.25) is 19.7 Å². The maximum Gasteiger partial charge on any atom is 0.334 e. The van der Waals surface area contributed by atoms with Gasteiger partial charge in [-0.25, -0.2) is 0 Å². The number of aryl methyl sites for hydroxylation is 1. The predicted octanol–water partition coefficient (Wildman–Crippen LogP) is 0.736. The molecule has 1 heterocycles. The highest BCUT2D eigenvalue weighted by atomic mass is 16.6. The van der Waals surface area contributed by atoms with Gasteiger partial charge in [0.2, 0.25) is 0 Å². The van der Waals surface area contributed by atoms with E-state index in [9.17, 15) is 19.7 Å². The number of aromatic nitrogens is 1. The van der Waals surface area contributed by atoms with Gasteiger partial charge < -0.3 is 4.57 Å². The predicted molar refractivity (Wildman–Crippen MR) is 52.7 cm³/mol. The Kier molecular flexibility index (Phi) is 3.33. The normalized spacial score (nSPS) is 9.93. The Morgan fingerprint density at radius 2 is 2.27 bits per heavy atom. The molecule has 0 saturated heterocycles. The Labute approximate surface area is 85.3 Å². The standard InChI is InChI=1S/C9H10N2O4/c1-7(12)4-6-10-5-2-3-8(9(10)13)11(14)15/h2-3,5H,4,6H2,1H3. The van der Waals surface area contributed by atoms with Gasteiger partial charge in [0, 0.05) is 25.2 Å². The Morgan fingerprint density at radius 3 is 2.80 bits per heavy atom. The van der Waals surface area contributed by atoms with E-state index < -0.39 is 16.2 Å². The first-order valence-electron chi connectivity index (χ1n) is 4.35. The van der Waals surface area contributed by atoms with Crippen LogP contribution in [0.3, 0.4) is 0 Å². The summed E-state index contributed by atoms with van der Waals surface area (Å²) in [7, 11) is 0. The summed E-state index contributed by atoms with van der Waals surface area (Å²) in [5.41, 5.74) is -1.15. The molecule has 0 aliphatic heterocycles. The van der Waals surface area contributed by atoms with Crippen molar-refractivity contribution >= 4 is 11.5 Å². The van der Waals surface area contributed by atoms with E-state index in [0.717, 1.165) is 6.07 Å².